The molecule has 0 unspecified atom stereocenters. The van der Waals surface area contributed by atoms with Crippen LogP contribution >= 0.6 is 0 Å². The average molecular weight is 201 g/mol. The summed E-state index contributed by atoms with van der Waals surface area (Å²) in [5.74, 6) is 0. The topological polar surface area (TPSA) is 47.9 Å². The standard InChI is InChI=1S/C11H11N3O/c1-2-15-11-13-7-5-10(14-11)9-4-3-6-12-8-9/h3-8H,2H2,1H3. The number of ether oxygens (including phenoxy) is 1. The van der Waals surface area contributed by atoms with Crippen molar-refractivity contribution >= 4 is 0 Å². The third kappa shape index (κ3) is 2.28. The summed E-state index contributed by atoms with van der Waals surface area (Å²) in [6.45, 7) is 2.47. The van der Waals surface area contributed by atoms with Gasteiger partial charge in [0, 0.05) is 24.2 Å². The third-order valence-corrected chi connectivity index (χ3v) is 1.86. The zero-order chi connectivity index (χ0) is 10.5. The largest absolute Gasteiger partial charge is 0.464 e. The molecule has 15 heavy (non-hydrogen) atoms. The van der Waals surface area contributed by atoms with Crippen molar-refractivity contribution in [2.24, 2.45) is 0 Å². The molecule has 0 amide bonds. The van der Waals surface area contributed by atoms with Gasteiger partial charge in [-0.1, -0.05) is 0 Å². The van der Waals surface area contributed by atoms with Gasteiger partial charge in [-0.3, -0.25) is 4.98 Å². The number of nitrogens with zero attached hydrogens (tertiary/aromatic N) is 3. The highest BCUT2D eigenvalue weighted by molar-refractivity contribution is 5.57. The molecule has 0 spiro atoms. The van der Waals surface area contributed by atoms with Gasteiger partial charge in [-0.2, -0.15) is 4.98 Å². The molecule has 2 rings (SSSR count). The lowest BCUT2D eigenvalue weighted by molar-refractivity contribution is 0.313. The molecule has 4 nitrogen and oxygen atoms in total. The summed E-state index contributed by atoms with van der Waals surface area (Å²) in [5.41, 5.74) is 1.78. The van der Waals surface area contributed by atoms with E-state index in [2.05, 4.69) is 15.0 Å². The van der Waals surface area contributed by atoms with Crippen LogP contribution in [0.3, 0.4) is 0 Å². The number of hydrogen-bond acceptors (Lipinski definition) is 4. The summed E-state index contributed by atoms with van der Waals surface area (Å²) in [6, 6.07) is 6.06. The summed E-state index contributed by atoms with van der Waals surface area (Å²) in [5, 5.41) is 0. The second-order valence-electron chi connectivity index (χ2n) is 2.90. The van der Waals surface area contributed by atoms with E-state index < -0.39 is 0 Å². The Balaban J connectivity index is 2.33. The Hall–Kier alpha value is -1.97. The average Bonchev–Trinajstić information content (AvgIpc) is 2.31. The fourth-order valence-electron chi connectivity index (χ4n) is 1.21. The molecule has 0 radical (unpaired) electrons. The van der Waals surface area contributed by atoms with Crippen molar-refractivity contribution in [3.05, 3.63) is 36.8 Å². The molecule has 0 N–H and O–H groups in total. The van der Waals surface area contributed by atoms with Crippen LogP contribution in [0.2, 0.25) is 0 Å². The normalized spacial score (nSPS) is 9.93. The molecule has 0 saturated carbocycles. The van der Waals surface area contributed by atoms with Crippen LogP contribution < -0.4 is 4.74 Å². The van der Waals surface area contributed by atoms with E-state index >= 15 is 0 Å². The molecule has 0 aliphatic rings. The molecule has 0 atom stereocenters. The molecule has 0 aromatic carbocycles. The van der Waals surface area contributed by atoms with Gasteiger partial charge in [-0.25, -0.2) is 4.98 Å². The van der Waals surface area contributed by atoms with Crippen molar-refractivity contribution in [2.75, 3.05) is 6.61 Å². The van der Waals surface area contributed by atoms with Gasteiger partial charge in [0.25, 0.3) is 0 Å². The van der Waals surface area contributed by atoms with Gasteiger partial charge in [0.05, 0.1) is 12.3 Å². The Morgan fingerprint density at radius 1 is 1.27 bits per heavy atom. The van der Waals surface area contributed by atoms with Crippen LogP contribution in [0.5, 0.6) is 6.01 Å². The first-order valence-corrected chi connectivity index (χ1v) is 4.76. The van der Waals surface area contributed by atoms with Crippen LogP contribution in [0.4, 0.5) is 0 Å². The molecule has 0 fully saturated rings. The first-order valence-electron chi connectivity index (χ1n) is 4.76. The summed E-state index contributed by atoms with van der Waals surface area (Å²) >= 11 is 0. The Morgan fingerprint density at radius 2 is 2.20 bits per heavy atom. The fourth-order valence-corrected chi connectivity index (χ4v) is 1.21. The van der Waals surface area contributed by atoms with Crippen molar-refractivity contribution < 1.29 is 4.74 Å². The lowest BCUT2D eigenvalue weighted by Crippen LogP contribution is -1.97. The van der Waals surface area contributed by atoms with E-state index in [-0.39, 0.29) is 0 Å². The van der Waals surface area contributed by atoms with Crippen LogP contribution in [0.15, 0.2) is 36.8 Å². The molecule has 4 heteroatoms. The molecule has 0 aliphatic carbocycles. The highest BCUT2D eigenvalue weighted by atomic mass is 16.5. The van der Waals surface area contributed by atoms with E-state index in [0.717, 1.165) is 11.3 Å². The molecular weight excluding hydrogens is 190 g/mol. The van der Waals surface area contributed by atoms with Gasteiger partial charge in [0.2, 0.25) is 0 Å². The number of pyridine rings is 1. The first kappa shape index (κ1) is 9.58. The second kappa shape index (κ2) is 4.50. The van der Waals surface area contributed by atoms with Crippen LogP contribution in [0.1, 0.15) is 6.92 Å². The fraction of sp³-hybridized carbons (Fsp3) is 0.182. The van der Waals surface area contributed by atoms with Gasteiger partial charge in [0.1, 0.15) is 0 Å². The van der Waals surface area contributed by atoms with Gasteiger partial charge in [-0.05, 0) is 25.1 Å². The Morgan fingerprint density at radius 3 is 2.93 bits per heavy atom. The minimum absolute atomic E-state index is 0.402. The molecule has 76 valence electrons. The molecular formula is C11H11N3O. The van der Waals surface area contributed by atoms with Crippen molar-refractivity contribution in [3.63, 3.8) is 0 Å². The smallest absolute Gasteiger partial charge is 0.316 e. The zero-order valence-corrected chi connectivity index (χ0v) is 8.42. The molecule has 0 bridgehead atoms. The molecule has 2 aromatic heterocycles. The minimum Gasteiger partial charge on any atom is -0.464 e. The van der Waals surface area contributed by atoms with E-state index in [1.165, 1.54) is 0 Å². The van der Waals surface area contributed by atoms with Gasteiger partial charge in [0.15, 0.2) is 0 Å². The third-order valence-electron chi connectivity index (χ3n) is 1.86. The summed E-state index contributed by atoms with van der Waals surface area (Å²) in [7, 11) is 0. The first-order chi connectivity index (χ1) is 7.40. The van der Waals surface area contributed by atoms with E-state index in [1.54, 1.807) is 18.6 Å². The van der Waals surface area contributed by atoms with Crippen LogP contribution in [-0.4, -0.2) is 21.6 Å². The van der Waals surface area contributed by atoms with Crippen molar-refractivity contribution in [1.29, 1.82) is 0 Å². The molecule has 2 heterocycles. The van der Waals surface area contributed by atoms with E-state index in [9.17, 15) is 0 Å². The second-order valence-corrected chi connectivity index (χ2v) is 2.90. The lowest BCUT2D eigenvalue weighted by Gasteiger charge is -2.03. The number of aromatic nitrogens is 3. The van der Waals surface area contributed by atoms with E-state index in [0.29, 0.717) is 12.6 Å². The summed E-state index contributed by atoms with van der Waals surface area (Å²) < 4.78 is 5.23. The van der Waals surface area contributed by atoms with Crippen LogP contribution in [0.25, 0.3) is 11.3 Å². The zero-order valence-electron chi connectivity index (χ0n) is 8.42. The monoisotopic (exact) mass is 201 g/mol. The van der Waals surface area contributed by atoms with Gasteiger partial charge >= 0.3 is 6.01 Å². The van der Waals surface area contributed by atoms with Crippen LogP contribution in [0, 0.1) is 0 Å². The predicted molar refractivity (Wildman–Crippen MR) is 56.4 cm³/mol. The van der Waals surface area contributed by atoms with Crippen molar-refractivity contribution in [1.82, 2.24) is 15.0 Å². The van der Waals surface area contributed by atoms with Gasteiger partial charge < -0.3 is 4.74 Å². The molecule has 0 aliphatic heterocycles. The Labute approximate surface area is 88.0 Å². The molecule has 2 aromatic rings. The van der Waals surface area contributed by atoms with Crippen molar-refractivity contribution in [2.45, 2.75) is 6.92 Å². The number of hydrogen-bond donors (Lipinski definition) is 0. The van der Waals surface area contributed by atoms with E-state index in [4.69, 9.17) is 4.74 Å². The molecule has 0 saturated heterocycles. The predicted octanol–water partition coefficient (Wildman–Crippen LogP) is 1.94. The minimum atomic E-state index is 0.402. The maximum Gasteiger partial charge on any atom is 0.316 e. The van der Waals surface area contributed by atoms with E-state index in [1.807, 2.05) is 25.1 Å². The van der Waals surface area contributed by atoms with Crippen LogP contribution in [-0.2, 0) is 0 Å². The quantitative estimate of drug-likeness (QED) is 0.761. The highest BCUT2D eigenvalue weighted by Gasteiger charge is 2.01. The Kier molecular flexibility index (Phi) is 2.88. The maximum atomic E-state index is 5.23. The lowest BCUT2D eigenvalue weighted by atomic mass is 10.2. The number of rotatable bonds is 3. The highest BCUT2D eigenvalue weighted by Crippen LogP contribution is 2.16. The summed E-state index contributed by atoms with van der Waals surface area (Å²) in [6.07, 6.45) is 5.17. The Bertz CT molecular complexity index is 431. The van der Waals surface area contributed by atoms with Gasteiger partial charge in [-0.15, -0.1) is 0 Å². The SMILES string of the molecule is CCOc1nccc(-c2cccnc2)n1. The maximum absolute atomic E-state index is 5.23. The van der Waals surface area contributed by atoms with Crippen molar-refractivity contribution in [3.8, 4) is 17.3 Å². The summed E-state index contributed by atoms with van der Waals surface area (Å²) in [4.78, 5) is 12.3.